The van der Waals surface area contributed by atoms with E-state index in [4.69, 9.17) is 10.8 Å². The molecule has 0 fully saturated rings. The first kappa shape index (κ1) is 12.4. The van der Waals surface area contributed by atoms with Crippen molar-refractivity contribution in [2.24, 2.45) is 17.1 Å². The molecule has 1 unspecified atom stereocenters. The molecule has 0 bridgehead atoms. The fraction of sp³-hybridized carbons (Fsp3) is 0.600. The summed E-state index contributed by atoms with van der Waals surface area (Å²) in [7, 11) is 0. The third-order valence-electron chi connectivity index (χ3n) is 2.38. The van der Waals surface area contributed by atoms with Crippen molar-refractivity contribution in [2.45, 2.75) is 20.8 Å². The summed E-state index contributed by atoms with van der Waals surface area (Å²) in [6.07, 6.45) is 1.62. The molecule has 1 aliphatic rings. The number of hydrazine groups is 1. The highest BCUT2D eigenvalue weighted by atomic mass is 16.4. The second-order valence-corrected chi connectivity index (χ2v) is 4.86. The number of nitrogens with one attached hydrogen (secondary N) is 1. The third kappa shape index (κ3) is 2.44. The summed E-state index contributed by atoms with van der Waals surface area (Å²) in [4.78, 5) is 23.1. The highest BCUT2D eigenvalue weighted by molar-refractivity contribution is 5.97. The zero-order chi connectivity index (χ0) is 12.5. The van der Waals surface area contributed by atoms with Crippen molar-refractivity contribution in [3.05, 3.63) is 11.9 Å². The number of rotatable bonds is 2. The van der Waals surface area contributed by atoms with Gasteiger partial charge in [0, 0.05) is 0 Å². The quantitative estimate of drug-likeness (QED) is 0.572. The molecule has 6 nitrogen and oxygen atoms in total. The van der Waals surface area contributed by atoms with Gasteiger partial charge in [0.2, 0.25) is 0 Å². The van der Waals surface area contributed by atoms with Crippen molar-refractivity contribution >= 4 is 11.9 Å². The standard InChI is InChI=1S/C10H17N3O3/c1-10(2,3)7(9(15)16)8(14)13-5-4-6(11)12-13/h4,7,12H,5,11H2,1-3H3,(H,15,16). The summed E-state index contributed by atoms with van der Waals surface area (Å²) < 4.78 is 0. The van der Waals surface area contributed by atoms with Gasteiger partial charge in [0.15, 0.2) is 0 Å². The Bertz CT molecular complexity index is 344. The van der Waals surface area contributed by atoms with Crippen LogP contribution in [-0.4, -0.2) is 28.5 Å². The van der Waals surface area contributed by atoms with E-state index in [-0.39, 0.29) is 0 Å². The molecule has 16 heavy (non-hydrogen) atoms. The molecule has 4 N–H and O–H groups in total. The number of amides is 1. The van der Waals surface area contributed by atoms with Gasteiger partial charge in [0.1, 0.15) is 11.7 Å². The highest BCUT2D eigenvalue weighted by Gasteiger charge is 2.40. The number of hydrogen-bond donors (Lipinski definition) is 3. The van der Waals surface area contributed by atoms with Gasteiger partial charge in [0.25, 0.3) is 5.91 Å². The largest absolute Gasteiger partial charge is 0.481 e. The van der Waals surface area contributed by atoms with Crippen molar-refractivity contribution in [3.8, 4) is 0 Å². The molecular weight excluding hydrogens is 210 g/mol. The van der Waals surface area contributed by atoms with E-state index in [0.717, 1.165) is 0 Å². The van der Waals surface area contributed by atoms with Crippen LogP contribution in [0.15, 0.2) is 11.9 Å². The maximum Gasteiger partial charge on any atom is 0.316 e. The fourth-order valence-corrected chi connectivity index (χ4v) is 1.58. The van der Waals surface area contributed by atoms with Crippen molar-refractivity contribution in [3.63, 3.8) is 0 Å². The molecular formula is C10H17N3O3. The van der Waals surface area contributed by atoms with E-state index in [1.165, 1.54) is 5.01 Å². The first-order valence-electron chi connectivity index (χ1n) is 5.00. The molecule has 1 amide bonds. The zero-order valence-corrected chi connectivity index (χ0v) is 9.65. The summed E-state index contributed by atoms with van der Waals surface area (Å²) >= 11 is 0. The predicted octanol–water partition coefficient (Wildman–Crippen LogP) is -0.120. The lowest BCUT2D eigenvalue weighted by Crippen LogP contribution is -2.48. The summed E-state index contributed by atoms with van der Waals surface area (Å²) in [5.74, 6) is -2.31. The average molecular weight is 227 g/mol. The summed E-state index contributed by atoms with van der Waals surface area (Å²) in [6, 6.07) is 0. The normalized spacial score (nSPS) is 17.7. The van der Waals surface area contributed by atoms with E-state index < -0.39 is 23.2 Å². The molecule has 1 atom stereocenters. The number of aliphatic carboxylic acids is 1. The van der Waals surface area contributed by atoms with Crippen LogP contribution in [0.4, 0.5) is 0 Å². The number of nitrogens with two attached hydrogens (primary N) is 1. The zero-order valence-electron chi connectivity index (χ0n) is 9.65. The fourth-order valence-electron chi connectivity index (χ4n) is 1.58. The maximum atomic E-state index is 12.0. The smallest absolute Gasteiger partial charge is 0.316 e. The molecule has 0 spiro atoms. The summed E-state index contributed by atoms with van der Waals surface area (Å²) in [6.45, 7) is 5.45. The average Bonchev–Trinajstić information content (AvgIpc) is 2.48. The number of carbonyl (C=O) groups is 2. The Morgan fingerprint density at radius 1 is 1.56 bits per heavy atom. The number of nitrogens with zero attached hydrogens (tertiary/aromatic N) is 1. The monoisotopic (exact) mass is 227 g/mol. The predicted molar refractivity (Wildman–Crippen MR) is 57.7 cm³/mol. The maximum absolute atomic E-state index is 12.0. The van der Waals surface area contributed by atoms with Gasteiger partial charge in [-0.1, -0.05) is 20.8 Å². The van der Waals surface area contributed by atoms with Crippen LogP contribution in [0.2, 0.25) is 0 Å². The second-order valence-electron chi connectivity index (χ2n) is 4.86. The van der Waals surface area contributed by atoms with E-state index in [9.17, 15) is 9.59 Å². The molecule has 0 saturated heterocycles. The Balaban J connectivity index is 2.82. The van der Waals surface area contributed by atoms with Crippen LogP contribution < -0.4 is 11.2 Å². The Morgan fingerprint density at radius 2 is 2.12 bits per heavy atom. The highest BCUT2D eigenvalue weighted by Crippen LogP contribution is 2.28. The molecule has 6 heteroatoms. The van der Waals surface area contributed by atoms with E-state index in [0.29, 0.717) is 12.4 Å². The van der Waals surface area contributed by atoms with Gasteiger partial charge in [-0.2, -0.15) is 0 Å². The van der Waals surface area contributed by atoms with Crippen molar-refractivity contribution in [1.29, 1.82) is 0 Å². The third-order valence-corrected chi connectivity index (χ3v) is 2.38. The lowest BCUT2D eigenvalue weighted by molar-refractivity contribution is -0.156. The molecule has 0 aliphatic carbocycles. The minimum absolute atomic E-state index is 0.296. The van der Waals surface area contributed by atoms with Crippen molar-refractivity contribution in [2.75, 3.05) is 6.54 Å². The lowest BCUT2D eigenvalue weighted by Gasteiger charge is -2.29. The van der Waals surface area contributed by atoms with Crippen LogP contribution >= 0.6 is 0 Å². The van der Waals surface area contributed by atoms with Gasteiger partial charge in [-0.3, -0.25) is 20.0 Å². The molecule has 0 aromatic heterocycles. The van der Waals surface area contributed by atoms with Crippen LogP contribution in [0.5, 0.6) is 0 Å². The topological polar surface area (TPSA) is 95.7 Å². The van der Waals surface area contributed by atoms with E-state index in [1.807, 2.05) is 0 Å². The Kier molecular flexibility index (Phi) is 3.11. The van der Waals surface area contributed by atoms with Gasteiger partial charge in [-0.25, -0.2) is 0 Å². The second kappa shape index (κ2) is 4.03. The molecule has 0 saturated carbocycles. The van der Waals surface area contributed by atoms with E-state index >= 15 is 0 Å². The molecule has 90 valence electrons. The number of carboxylic acid groups (broad SMARTS) is 1. The van der Waals surface area contributed by atoms with Crippen LogP contribution in [-0.2, 0) is 9.59 Å². The SMILES string of the molecule is CC(C)(C)C(C(=O)O)C(=O)N1CC=C(N)N1. The summed E-state index contributed by atoms with van der Waals surface area (Å²) in [5, 5.41) is 10.3. The van der Waals surface area contributed by atoms with Gasteiger partial charge in [-0.05, 0) is 11.5 Å². The molecule has 0 aromatic carbocycles. The van der Waals surface area contributed by atoms with Crippen molar-refractivity contribution < 1.29 is 14.7 Å². The number of carboxylic acids is 1. The van der Waals surface area contributed by atoms with Crippen LogP contribution in [0.3, 0.4) is 0 Å². The first-order valence-corrected chi connectivity index (χ1v) is 5.00. The summed E-state index contributed by atoms with van der Waals surface area (Å²) in [5.41, 5.74) is 7.44. The first-order chi connectivity index (χ1) is 7.23. The van der Waals surface area contributed by atoms with Gasteiger partial charge in [0.05, 0.1) is 6.54 Å². The minimum atomic E-state index is -1.12. The van der Waals surface area contributed by atoms with Crippen LogP contribution in [0.25, 0.3) is 0 Å². The van der Waals surface area contributed by atoms with Gasteiger partial charge < -0.3 is 10.8 Å². The molecule has 0 aromatic rings. The number of carbonyl (C=O) groups excluding carboxylic acids is 1. The Labute approximate surface area is 94.1 Å². The van der Waals surface area contributed by atoms with Gasteiger partial charge in [-0.15, -0.1) is 0 Å². The number of hydrogen-bond acceptors (Lipinski definition) is 4. The van der Waals surface area contributed by atoms with Crippen LogP contribution in [0, 0.1) is 11.3 Å². The Hall–Kier alpha value is -1.72. The minimum Gasteiger partial charge on any atom is -0.481 e. The van der Waals surface area contributed by atoms with Gasteiger partial charge >= 0.3 is 5.97 Å². The molecule has 0 radical (unpaired) electrons. The molecule has 1 heterocycles. The van der Waals surface area contributed by atoms with E-state index in [1.54, 1.807) is 26.8 Å². The van der Waals surface area contributed by atoms with Crippen molar-refractivity contribution in [1.82, 2.24) is 10.4 Å². The Morgan fingerprint density at radius 3 is 2.44 bits per heavy atom. The molecule has 1 rings (SSSR count). The van der Waals surface area contributed by atoms with Crippen LogP contribution in [0.1, 0.15) is 20.8 Å². The van der Waals surface area contributed by atoms with E-state index in [2.05, 4.69) is 5.43 Å². The lowest BCUT2D eigenvalue weighted by atomic mass is 9.80. The molecule has 1 aliphatic heterocycles.